The highest BCUT2D eigenvalue weighted by Gasteiger charge is 2.38. The Morgan fingerprint density at radius 3 is 2.86 bits per heavy atom. The number of carbonyl (C=O) groups excluding carboxylic acids is 1. The molecule has 1 amide bonds. The first-order chi connectivity index (χ1) is 10.1. The zero-order chi connectivity index (χ0) is 15.3. The van der Waals surface area contributed by atoms with Crippen LogP contribution in [-0.2, 0) is 16.0 Å². The molecule has 1 aromatic carbocycles. The van der Waals surface area contributed by atoms with Crippen LogP contribution >= 0.6 is 0 Å². The SMILES string of the molecule is CCC1(C(=O)Nc2cccc(CCC(=O)O)c2)CCCN1. The lowest BCUT2D eigenvalue weighted by Gasteiger charge is -2.26. The number of aliphatic carboxylic acids is 1. The molecular weight excluding hydrogens is 268 g/mol. The average molecular weight is 290 g/mol. The minimum Gasteiger partial charge on any atom is -0.481 e. The molecule has 1 aromatic rings. The van der Waals surface area contributed by atoms with Gasteiger partial charge in [-0.3, -0.25) is 9.59 Å². The number of benzene rings is 1. The number of hydrogen-bond donors (Lipinski definition) is 3. The molecule has 1 saturated heterocycles. The lowest BCUT2D eigenvalue weighted by atomic mass is 9.93. The molecule has 0 radical (unpaired) electrons. The largest absolute Gasteiger partial charge is 0.481 e. The van der Waals surface area contributed by atoms with Gasteiger partial charge in [0.15, 0.2) is 0 Å². The summed E-state index contributed by atoms with van der Waals surface area (Å²) in [6, 6.07) is 7.40. The number of amides is 1. The predicted molar refractivity (Wildman–Crippen MR) is 81.3 cm³/mol. The number of carboxylic acids is 1. The van der Waals surface area contributed by atoms with Gasteiger partial charge in [-0.25, -0.2) is 0 Å². The Kier molecular flexibility index (Phi) is 4.96. The lowest BCUT2D eigenvalue weighted by Crippen LogP contribution is -2.50. The van der Waals surface area contributed by atoms with Gasteiger partial charge in [-0.1, -0.05) is 19.1 Å². The number of carboxylic acid groups (broad SMARTS) is 1. The van der Waals surface area contributed by atoms with Crippen LogP contribution in [0.15, 0.2) is 24.3 Å². The molecule has 1 aliphatic rings. The fourth-order valence-corrected chi connectivity index (χ4v) is 2.77. The van der Waals surface area contributed by atoms with Gasteiger partial charge >= 0.3 is 5.97 Å². The molecular formula is C16H22N2O3. The van der Waals surface area contributed by atoms with Gasteiger partial charge in [-0.15, -0.1) is 0 Å². The highest BCUT2D eigenvalue weighted by atomic mass is 16.4. The molecule has 5 nitrogen and oxygen atoms in total. The molecule has 0 spiro atoms. The van der Waals surface area contributed by atoms with Crippen LogP contribution in [0.4, 0.5) is 5.69 Å². The number of hydrogen-bond acceptors (Lipinski definition) is 3. The normalized spacial score (nSPS) is 21.2. The number of carbonyl (C=O) groups is 2. The molecule has 114 valence electrons. The van der Waals surface area contributed by atoms with Crippen molar-refractivity contribution in [3.05, 3.63) is 29.8 Å². The summed E-state index contributed by atoms with van der Waals surface area (Å²) in [4.78, 5) is 23.1. The van der Waals surface area contributed by atoms with E-state index in [2.05, 4.69) is 10.6 Å². The molecule has 0 bridgehead atoms. The molecule has 1 aliphatic heterocycles. The monoisotopic (exact) mass is 290 g/mol. The first-order valence-corrected chi connectivity index (χ1v) is 7.43. The third-order valence-electron chi connectivity index (χ3n) is 4.09. The van der Waals surface area contributed by atoms with Gasteiger partial charge in [0.25, 0.3) is 0 Å². The zero-order valence-electron chi connectivity index (χ0n) is 12.3. The van der Waals surface area contributed by atoms with E-state index in [0.29, 0.717) is 6.42 Å². The Balaban J connectivity index is 2.03. The van der Waals surface area contributed by atoms with Gasteiger partial charge in [0, 0.05) is 12.1 Å². The number of nitrogens with one attached hydrogen (secondary N) is 2. The highest BCUT2D eigenvalue weighted by Crippen LogP contribution is 2.25. The molecule has 5 heteroatoms. The fourth-order valence-electron chi connectivity index (χ4n) is 2.77. The van der Waals surface area contributed by atoms with E-state index in [-0.39, 0.29) is 12.3 Å². The summed E-state index contributed by atoms with van der Waals surface area (Å²) in [5.41, 5.74) is 1.18. The van der Waals surface area contributed by atoms with Crippen molar-refractivity contribution in [3.8, 4) is 0 Å². The molecule has 1 fully saturated rings. The maximum atomic E-state index is 12.5. The van der Waals surface area contributed by atoms with Crippen molar-refractivity contribution in [2.45, 2.75) is 44.6 Å². The molecule has 1 unspecified atom stereocenters. The van der Waals surface area contributed by atoms with Crippen molar-refractivity contribution in [2.75, 3.05) is 11.9 Å². The maximum Gasteiger partial charge on any atom is 0.303 e. The third-order valence-corrected chi connectivity index (χ3v) is 4.09. The summed E-state index contributed by atoms with van der Waals surface area (Å²) in [7, 11) is 0. The van der Waals surface area contributed by atoms with Crippen LogP contribution in [0.5, 0.6) is 0 Å². The van der Waals surface area contributed by atoms with Crippen LogP contribution in [0, 0.1) is 0 Å². The third kappa shape index (κ3) is 3.82. The van der Waals surface area contributed by atoms with E-state index in [4.69, 9.17) is 5.11 Å². The van der Waals surface area contributed by atoms with E-state index < -0.39 is 11.5 Å². The Labute approximate surface area is 124 Å². The Morgan fingerprint density at radius 2 is 2.24 bits per heavy atom. The molecule has 3 N–H and O–H groups in total. The van der Waals surface area contributed by atoms with Crippen molar-refractivity contribution >= 4 is 17.6 Å². The van der Waals surface area contributed by atoms with Crippen LogP contribution in [0.1, 0.15) is 38.2 Å². The summed E-state index contributed by atoms with van der Waals surface area (Å²) in [6.07, 6.45) is 3.19. The van der Waals surface area contributed by atoms with Gasteiger partial charge < -0.3 is 15.7 Å². The second-order valence-corrected chi connectivity index (χ2v) is 5.51. The van der Waals surface area contributed by atoms with Crippen LogP contribution in [0.2, 0.25) is 0 Å². The summed E-state index contributed by atoms with van der Waals surface area (Å²) >= 11 is 0. The smallest absolute Gasteiger partial charge is 0.303 e. The molecule has 1 atom stereocenters. The van der Waals surface area contributed by atoms with Crippen molar-refractivity contribution < 1.29 is 14.7 Å². The number of aryl methyl sites for hydroxylation is 1. The minimum absolute atomic E-state index is 0.00196. The van der Waals surface area contributed by atoms with Gasteiger partial charge in [-0.05, 0) is 49.9 Å². The molecule has 21 heavy (non-hydrogen) atoms. The van der Waals surface area contributed by atoms with Crippen molar-refractivity contribution in [1.29, 1.82) is 0 Å². The van der Waals surface area contributed by atoms with E-state index in [9.17, 15) is 9.59 Å². The molecule has 1 heterocycles. The Bertz CT molecular complexity index is 522. The van der Waals surface area contributed by atoms with E-state index in [1.54, 1.807) is 0 Å². The summed E-state index contributed by atoms with van der Waals surface area (Å²) in [5.74, 6) is -0.817. The second kappa shape index (κ2) is 6.72. The van der Waals surface area contributed by atoms with Crippen LogP contribution in [-0.4, -0.2) is 29.1 Å². The van der Waals surface area contributed by atoms with Crippen molar-refractivity contribution in [2.24, 2.45) is 0 Å². The van der Waals surface area contributed by atoms with Crippen LogP contribution < -0.4 is 10.6 Å². The minimum atomic E-state index is -0.815. The first-order valence-electron chi connectivity index (χ1n) is 7.43. The van der Waals surface area contributed by atoms with E-state index in [0.717, 1.165) is 37.1 Å². The van der Waals surface area contributed by atoms with E-state index >= 15 is 0 Å². The van der Waals surface area contributed by atoms with E-state index in [1.165, 1.54) is 0 Å². The van der Waals surface area contributed by atoms with Crippen molar-refractivity contribution in [1.82, 2.24) is 5.32 Å². The first kappa shape index (κ1) is 15.5. The summed E-state index contributed by atoms with van der Waals surface area (Å²) in [5, 5.41) is 15.0. The number of anilines is 1. The van der Waals surface area contributed by atoms with Crippen LogP contribution in [0.3, 0.4) is 0 Å². The topological polar surface area (TPSA) is 78.4 Å². The van der Waals surface area contributed by atoms with E-state index in [1.807, 2.05) is 31.2 Å². The van der Waals surface area contributed by atoms with Gasteiger partial charge in [0.05, 0.1) is 5.54 Å². The van der Waals surface area contributed by atoms with Gasteiger partial charge in [0.2, 0.25) is 5.91 Å². The van der Waals surface area contributed by atoms with Crippen LogP contribution in [0.25, 0.3) is 0 Å². The maximum absolute atomic E-state index is 12.5. The van der Waals surface area contributed by atoms with Gasteiger partial charge in [0.1, 0.15) is 0 Å². The molecule has 0 aliphatic carbocycles. The molecule has 0 aromatic heterocycles. The van der Waals surface area contributed by atoms with Gasteiger partial charge in [-0.2, -0.15) is 0 Å². The average Bonchev–Trinajstić information content (AvgIpc) is 2.96. The number of rotatable bonds is 6. The second-order valence-electron chi connectivity index (χ2n) is 5.51. The molecule has 0 saturated carbocycles. The Hall–Kier alpha value is -1.88. The zero-order valence-corrected chi connectivity index (χ0v) is 12.3. The standard InChI is InChI=1S/C16H22N2O3/c1-2-16(9-4-10-17-16)15(21)18-13-6-3-5-12(11-13)7-8-14(19)20/h3,5-6,11,17H,2,4,7-10H2,1H3,(H,18,21)(H,19,20). The Morgan fingerprint density at radius 1 is 1.43 bits per heavy atom. The summed E-state index contributed by atoms with van der Waals surface area (Å²) < 4.78 is 0. The van der Waals surface area contributed by atoms with Crippen molar-refractivity contribution in [3.63, 3.8) is 0 Å². The lowest BCUT2D eigenvalue weighted by molar-refractivity contribution is -0.137. The summed E-state index contributed by atoms with van der Waals surface area (Å²) in [6.45, 7) is 2.89. The fraction of sp³-hybridized carbons (Fsp3) is 0.500. The molecule has 2 rings (SSSR count). The predicted octanol–water partition coefficient (Wildman–Crippen LogP) is 2.17. The highest BCUT2D eigenvalue weighted by molar-refractivity contribution is 5.98. The quantitative estimate of drug-likeness (QED) is 0.750.